The predicted molar refractivity (Wildman–Crippen MR) is 56.8 cm³/mol. The van der Waals surface area contributed by atoms with E-state index < -0.39 is 11.7 Å². The van der Waals surface area contributed by atoms with E-state index in [1.54, 1.807) is 0 Å². The van der Waals surface area contributed by atoms with Crippen LogP contribution in [0.3, 0.4) is 0 Å². The van der Waals surface area contributed by atoms with Gasteiger partial charge in [-0.05, 0) is 18.2 Å². The Hall–Kier alpha value is -1.89. The zero-order valence-corrected chi connectivity index (χ0v) is 9.40. The molecule has 0 spiro atoms. The fourth-order valence-corrected chi connectivity index (χ4v) is 1.58. The van der Waals surface area contributed by atoms with Crippen LogP contribution in [0.5, 0.6) is 0 Å². The number of carbonyl (C=O) groups excluding carboxylic acids is 1. The second kappa shape index (κ2) is 4.41. The van der Waals surface area contributed by atoms with E-state index in [4.69, 9.17) is 11.6 Å². The average molecular weight is 276 g/mol. The maximum Gasteiger partial charge on any atom is 0.416 e. The summed E-state index contributed by atoms with van der Waals surface area (Å²) in [6, 6.07) is 2.83. The summed E-state index contributed by atoms with van der Waals surface area (Å²) in [6.07, 6.45) is -2.72. The average Bonchev–Trinajstić information content (AvgIpc) is 2.76. The van der Waals surface area contributed by atoms with Crippen LogP contribution in [0.2, 0.25) is 5.02 Å². The lowest BCUT2D eigenvalue weighted by Gasteiger charge is -2.09. The highest BCUT2D eigenvalue weighted by Gasteiger charge is 2.31. The third kappa shape index (κ3) is 2.35. The summed E-state index contributed by atoms with van der Waals surface area (Å²) in [7, 11) is 0. The molecule has 0 saturated carbocycles. The molecule has 8 heteroatoms. The Morgan fingerprint density at radius 1 is 1.33 bits per heavy atom. The van der Waals surface area contributed by atoms with Gasteiger partial charge in [0.1, 0.15) is 5.69 Å². The van der Waals surface area contributed by atoms with E-state index in [-0.39, 0.29) is 16.4 Å². The molecule has 0 radical (unpaired) electrons. The Morgan fingerprint density at radius 2 is 2.06 bits per heavy atom. The zero-order chi connectivity index (χ0) is 13.3. The summed E-state index contributed by atoms with van der Waals surface area (Å²) >= 11 is 5.75. The molecule has 0 bridgehead atoms. The van der Waals surface area contributed by atoms with E-state index >= 15 is 0 Å². The summed E-state index contributed by atoms with van der Waals surface area (Å²) in [6.45, 7) is 0. The molecule has 4 nitrogen and oxygen atoms in total. The van der Waals surface area contributed by atoms with Crippen LogP contribution >= 0.6 is 11.6 Å². The number of hydrogen-bond acceptors (Lipinski definition) is 3. The van der Waals surface area contributed by atoms with Crippen molar-refractivity contribution in [3.63, 3.8) is 0 Å². The maximum atomic E-state index is 12.4. The van der Waals surface area contributed by atoms with Gasteiger partial charge in [-0.2, -0.15) is 13.2 Å². The fourth-order valence-electron chi connectivity index (χ4n) is 1.32. The van der Waals surface area contributed by atoms with E-state index in [1.807, 2.05) is 0 Å². The van der Waals surface area contributed by atoms with E-state index in [0.717, 1.165) is 22.9 Å². The van der Waals surface area contributed by atoms with Gasteiger partial charge < -0.3 is 0 Å². The standard InChI is InChI=1S/C10H5ClF3N3O/c11-8-3-6(10(12,13)14)1-2-9(8)17-4-7(5-18)15-16-17/h1-5H. The zero-order valence-electron chi connectivity index (χ0n) is 8.65. The van der Waals surface area contributed by atoms with Gasteiger partial charge in [0.15, 0.2) is 6.29 Å². The molecule has 0 aliphatic rings. The van der Waals surface area contributed by atoms with Gasteiger partial charge in [0.25, 0.3) is 0 Å². The molecule has 0 fully saturated rings. The van der Waals surface area contributed by atoms with Gasteiger partial charge in [-0.3, -0.25) is 4.79 Å². The van der Waals surface area contributed by atoms with Crippen molar-refractivity contribution >= 4 is 17.9 Å². The molecular formula is C10H5ClF3N3O. The Labute approximate surface area is 104 Å². The quantitative estimate of drug-likeness (QED) is 0.792. The topological polar surface area (TPSA) is 47.8 Å². The van der Waals surface area contributed by atoms with Crippen molar-refractivity contribution < 1.29 is 18.0 Å². The fraction of sp³-hybridized carbons (Fsp3) is 0.100. The summed E-state index contributed by atoms with van der Waals surface area (Å²) < 4.78 is 38.4. The monoisotopic (exact) mass is 275 g/mol. The largest absolute Gasteiger partial charge is 0.416 e. The number of rotatable bonds is 2. The van der Waals surface area contributed by atoms with E-state index in [9.17, 15) is 18.0 Å². The molecular weight excluding hydrogens is 271 g/mol. The lowest BCUT2D eigenvalue weighted by molar-refractivity contribution is -0.137. The van der Waals surface area contributed by atoms with Crippen molar-refractivity contribution in [3.05, 3.63) is 40.7 Å². The van der Waals surface area contributed by atoms with Gasteiger partial charge in [-0.25, -0.2) is 4.68 Å². The minimum atomic E-state index is -4.46. The molecule has 94 valence electrons. The first kappa shape index (κ1) is 12.6. The Balaban J connectivity index is 2.44. The minimum absolute atomic E-state index is 0.0611. The van der Waals surface area contributed by atoms with Crippen LogP contribution in [0.15, 0.2) is 24.4 Å². The number of hydrogen-bond donors (Lipinski definition) is 0. The number of alkyl halides is 3. The number of halogens is 4. The van der Waals surface area contributed by atoms with E-state index in [0.29, 0.717) is 6.29 Å². The van der Waals surface area contributed by atoms with Crippen LogP contribution in [0.4, 0.5) is 13.2 Å². The molecule has 18 heavy (non-hydrogen) atoms. The van der Waals surface area contributed by atoms with Gasteiger partial charge in [-0.15, -0.1) is 5.10 Å². The minimum Gasteiger partial charge on any atom is -0.296 e. The molecule has 1 aromatic carbocycles. The van der Waals surface area contributed by atoms with Gasteiger partial charge in [0.05, 0.1) is 22.5 Å². The molecule has 2 aromatic rings. The molecule has 0 aliphatic carbocycles. The van der Waals surface area contributed by atoms with Gasteiger partial charge >= 0.3 is 6.18 Å². The van der Waals surface area contributed by atoms with E-state index in [1.165, 1.54) is 6.20 Å². The first-order valence-corrected chi connectivity index (χ1v) is 5.04. The number of benzene rings is 1. The van der Waals surface area contributed by atoms with Crippen molar-refractivity contribution in [1.82, 2.24) is 15.0 Å². The predicted octanol–water partition coefficient (Wildman–Crippen LogP) is 2.75. The smallest absolute Gasteiger partial charge is 0.296 e. The summed E-state index contributed by atoms with van der Waals surface area (Å²) in [5, 5.41) is 6.93. The molecule has 0 aliphatic heterocycles. The van der Waals surface area contributed by atoms with Crippen molar-refractivity contribution in [2.45, 2.75) is 6.18 Å². The molecule has 0 amide bonds. The number of nitrogens with zero attached hydrogens (tertiary/aromatic N) is 3. The molecule has 0 saturated heterocycles. The van der Waals surface area contributed by atoms with Crippen LogP contribution < -0.4 is 0 Å². The highest BCUT2D eigenvalue weighted by molar-refractivity contribution is 6.32. The number of carbonyl (C=O) groups is 1. The van der Waals surface area contributed by atoms with Crippen LogP contribution in [-0.4, -0.2) is 21.3 Å². The van der Waals surface area contributed by atoms with Gasteiger partial charge in [0.2, 0.25) is 0 Å². The summed E-state index contributed by atoms with van der Waals surface area (Å²) in [4.78, 5) is 10.4. The first-order chi connectivity index (χ1) is 8.41. The number of aldehydes is 1. The van der Waals surface area contributed by atoms with Gasteiger partial charge in [-0.1, -0.05) is 16.8 Å². The molecule has 0 N–H and O–H groups in total. The maximum absolute atomic E-state index is 12.4. The first-order valence-electron chi connectivity index (χ1n) is 4.66. The third-order valence-electron chi connectivity index (χ3n) is 2.15. The summed E-state index contributed by atoms with van der Waals surface area (Å²) in [5.74, 6) is 0. The SMILES string of the molecule is O=Cc1cn(-c2ccc(C(F)(F)F)cc2Cl)nn1. The van der Waals surface area contributed by atoms with Crippen LogP contribution in [0, 0.1) is 0 Å². The lowest BCUT2D eigenvalue weighted by Crippen LogP contribution is -2.06. The Kier molecular flexibility index (Phi) is 3.08. The molecule has 1 heterocycles. The Bertz CT molecular complexity index is 594. The highest BCUT2D eigenvalue weighted by atomic mass is 35.5. The van der Waals surface area contributed by atoms with Crippen LogP contribution in [0.1, 0.15) is 16.1 Å². The normalized spacial score (nSPS) is 11.6. The molecule has 2 rings (SSSR count). The third-order valence-corrected chi connectivity index (χ3v) is 2.46. The highest BCUT2D eigenvalue weighted by Crippen LogP contribution is 2.32. The van der Waals surface area contributed by atoms with Crippen molar-refractivity contribution in [1.29, 1.82) is 0 Å². The van der Waals surface area contributed by atoms with Gasteiger partial charge in [0, 0.05) is 0 Å². The number of aromatic nitrogens is 3. The van der Waals surface area contributed by atoms with Crippen molar-refractivity contribution in [2.75, 3.05) is 0 Å². The molecule has 1 aromatic heterocycles. The second-order valence-electron chi connectivity index (χ2n) is 3.37. The van der Waals surface area contributed by atoms with Crippen LogP contribution in [-0.2, 0) is 6.18 Å². The van der Waals surface area contributed by atoms with Crippen molar-refractivity contribution in [2.24, 2.45) is 0 Å². The molecule has 0 atom stereocenters. The lowest BCUT2D eigenvalue weighted by atomic mass is 10.2. The Morgan fingerprint density at radius 3 is 2.56 bits per heavy atom. The molecule has 0 unspecified atom stereocenters. The summed E-state index contributed by atoms with van der Waals surface area (Å²) in [5.41, 5.74) is -0.580. The van der Waals surface area contributed by atoms with Crippen LogP contribution in [0.25, 0.3) is 5.69 Å². The van der Waals surface area contributed by atoms with E-state index in [2.05, 4.69) is 10.3 Å². The van der Waals surface area contributed by atoms with Crippen molar-refractivity contribution in [3.8, 4) is 5.69 Å². The second-order valence-corrected chi connectivity index (χ2v) is 3.78.